The first-order valence-corrected chi connectivity index (χ1v) is 7.33. The van der Waals surface area contributed by atoms with Crippen LogP contribution in [0.4, 0.5) is 0 Å². The summed E-state index contributed by atoms with van der Waals surface area (Å²) in [5.74, 6) is -0.428. The van der Waals surface area contributed by atoms with Crippen molar-refractivity contribution in [1.82, 2.24) is 15.2 Å². The van der Waals surface area contributed by atoms with Gasteiger partial charge in [-0.15, -0.1) is 0 Å². The largest absolute Gasteiger partial charge is 0.464 e. The van der Waals surface area contributed by atoms with Gasteiger partial charge in [0.15, 0.2) is 0 Å². The van der Waals surface area contributed by atoms with Crippen LogP contribution in [0.25, 0.3) is 0 Å². The molecule has 2 N–H and O–H groups in total. The van der Waals surface area contributed by atoms with Crippen molar-refractivity contribution in [3.63, 3.8) is 0 Å². The minimum absolute atomic E-state index is 0.114. The van der Waals surface area contributed by atoms with Gasteiger partial charge in [0.1, 0.15) is 5.69 Å². The Kier molecular flexibility index (Phi) is 6.10. The van der Waals surface area contributed by atoms with Crippen LogP contribution in [-0.2, 0) is 11.3 Å². The fraction of sp³-hybridized carbons (Fsp3) is 0.600. The standard InChI is InChI=1S/C15H23N3O3/c1-21-15(20)14-6-2-4-13(17-14)11-18(8-9-19)10-12-5-3-7-16-12/h2,4,6,12,16,19H,3,5,7-11H2,1H3. The molecular weight excluding hydrogens is 270 g/mol. The third kappa shape index (κ3) is 4.77. The summed E-state index contributed by atoms with van der Waals surface area (Å²) in [5, 5.41) is 12.7. The average molecular weight is 293 g/mol. The number of nitrogens with one attached hydrogen (secondary N) is 1. The molecule has 0 radical (unpaired) electrons. The van der Waals surface area contributed by atoms with Gasteiger partial charge in [-0.2, -0.15) is 0 Å². The van der Waals surface area contributed by atoms with E-state index in [1.54, 1.807) is 12.1 Å². The number of rotatable bonds is 7. The van der Waals surface area contributed by atoms with E-state index in [0.29, 0.717) is 24.8 Å². The molecule has 0 amide bonds. The maximum atomic E-state index is 11.5. The third-order valence-corrected chi connectivity index (χ3v) is 3.64. The van der Waals surface area contributed by atoms with Crippen LogP contribution in [0.2, 0.25) is 0 Å². The van der Waals surface area contributed by atoms with Crippen molar-refractivity contribution in [2.45, 2.75) is 25.4 Å². The van der Waals surface area contributed by atoms with Gasteiger partial charge in [0, 0.05) is 25.7 Å². The maximum Gasteiger partial charge on any atom is 0.356 e. The molecule has 0 aliphatic carbocycles. The Morgan fingerprint density at radius 2 is 2.43 bits per heavy atom. The Labute approximate surface area is 125 Å². The van der Waals surface area contributed by atoms with Gasteiger partial charge in [-0.3, -0.25) is 4.90 Å². The van der Waals surface area contributed by atoms with Crippen molar-refractivity contribution in [3.8, 4) is 0 Å². The fourth-order valence-electron chi connectivity index (χ4n) is 2.62. The molecule has 1 atom stereocenters. The lowest BCUT2D eigenvalue weighted by Crippen LogP contribution is -2.38. The number of aliphatic hydroxyl groups is 1. The second kappa shape index (κ2) is 8.07. The van der Waals surface area contributed by atoms with Crippen LogP contribution in [-0.4, -0.2) is 60.4 Å². The van der Waals surface area contributed by atoms with E-state index in [9.17, 15) is 9.90 Å². The van der Waals surface area contributed by atoms with Gasteiger partial charge in [0.25, 0.3) is 0 Å². The number of carbonyl (C=O) groups excluding carboxylic acids is 1. The minimum Gasteiger partial charge on any atom is -0.464 e. The van der Waals surface area contributed by atoms with Crippen LogP contribution in [0.15, 0.2) is 18.2 Å². The molecule has 1 aliphatic rings. The first kappa shape index (κ1) is 15.9. The topological polar surface area (TPSA) is 74.7 Å². The molecule has 0 aromatic carbocycles. The minimum atomic E-state index is -0.428. The summed E-state index contributed by atoms with van der Waals surface area (Å²) in [5.41, 5.74) is 1.13. The summed E-state index contributed by atoms with van der Waals surface area (Å²) in [4.78, 5) is 18.0. The molecule has 1 aliphatic heterocycles. The lowest BCUT2D eigenvalue weighted by atomic mass is 10.2. The molecule has 2 heterocycles. The molecule has 2 rings (SSSR count). The van der Waals surface area contributed by atoms with E-state index in [4.69, 9.17) is 0 Å². The zero-order valence-corrected chi connectivity index (χ0v) is 12.4. The number of hydrogen-bond donors (Lipinski definition) is 2. The monoisotopic (exact) mass is 293 g/mol. The normalized spacial score (nSPS) is 18.1. The summed E-state index contributed by atoms with van der Waals surface area (Å²) in [7, 11) is 1.35. The van der Waals surface area contributed by atoms with Gasteiger partial charge < -0.3 is 15.2 Å². The van der Waals surface area contributed by atoms with Crippen molar-refractivity contribution in [2.75, 3.05) is 33.4 Å². The predicted octanol–water partition coefficient (Wildman–Crippen LogP) is 0.415. The number of methoxy groups -OCH3 is 1. The highest BCUT2D eigenvalue weighted by Gasteiger charge is 2.18. The van der Waals surface area contributed by atoms with Gasteiger partial charge in [0.2, 0.25) is 0 Å². The molecule has 1 saturated heterocycles. The highest BCUT2D eigenvalue weighted by atomic mass is 16.5. The number of pyridine rings is 1. The first-order valence-electron chi connectivity index (χ1n) is 7.33. The predicted molar refractivity (Wildman–Crippen MR) is 79.0 cm³/mol. The Morgan fingerprint density at radius 3 is 3.10 bits per heavy atom. The van der Waals surface area contributed by atoms with Gasteiger partial charge in [-0.25, -0.2) is 9.78 Å². The second-order valence-electron chi connectivity index (χ2n) is 5.26. The number of esters is 1. The zero-order chi connectivity index (χ0) is 15.1. The van der Waals surface area contributed by atoms with Crippen LogP contribution in [0.5, 0.6) is 0 Å². The highest BCUT2D eigenvalue weighted by Crippen LogP contribution is 2.10. The summed E-state index contributed by atoms with van der Waals surface area (Å²) in [6.07, 6.45) is 2.37. The molecule has 0 bridgehead atoms. The highest BCUT2D eigenvalue weighted by molar-refractivity contribution is 5.87. The quantitative estimate of drug-likeness (QED) is 0.710. The zero-order valence-electron chi connectivity index (χ0n) is 12.4. The van der Waals surface area contributed by atoms with E-state index >= 15 is 0 Å². The van der Waals surface area contributed by atoms with Crippen LogP contribution < -0.4 is 5.32 Å². The molecule has 1 fully saturated rings. The first-order chi connectivity index (χ1) is 10.2. The van der Waals surface area contributed by atoms with Crippen LogP contribution in [0, 0.1) is 0 Å². The molecule has 6 heteroatoms. The smallest absolute Gasteiger partial charge is 0.356 e. The Morgan fingerprint density at radius 1 is 1.57 bits per heavy atom. The lowest BCUT2D eigenvalue weighted by molar-refractivity contribution is 0.0593. The molecule has 6 nitrogen and oxygen atoms in total. The molecule has 1 aromatic rings. The summed E-state index contributed by atoms with van der Waals surface area (Å²) < 4.78 is 4.69. The van der Waals surface area contributed by atoms with Crippen molar-refractivity contribution in [3.05, 3.63) is 29.6 Å². The van der Waals surface area contributed by atoms with E-state index in [2.05, 4.69) is 19.9 Å². The Hall–Kier alpha value is -1.50. The fourth-order valence-corrected chi connectivity index (χ4v) is 2.62. The van der Waals surface area contributed by atoms with Gasteiger partial charge in [0.05, 0.1) is 19.4 Å². The van der Waals surface area contributed by atoms with E-state index in [-0.39, 0.29) is 6.61 Å². The van der Waals surface area contributed by atoms with E-state index < -0.39 is 5.97 Å². The summed E-state index contributed by atoms with van der Waals surface area (Å²) in [6, 6.07) is 5.81. The maximum absolute atomic E-state index is 11.5. The van der Waals surface area contributed by atoms with E-state index in [1.807, 2.05) is 6.07 Å². The van der Waals surface area contributed by atoms with Crippen molar-refractivity contribution in [1.29, 1.82) is 0 Å². The number of carbonyl (C=O) groups is 1. The van der Waals surface area contributed by atoms with Gasteiger partial charge >= 0.3 is 5.97 Å². The van der Waals surface area contributed by atoms with Crippen molar-refractivity contribution in [2.24, 2.45) is 0 Å². The Bertz CT molecular complexity index is 461. The van der Waals surface area contributed by atoms with Crippen molar-refractivity contribution < 1.29 is 14.6 Å². The molecule has 0 spiro atoms. The molecular formula is C15H23N3O3. The number of aromatic nitrogens is 1. The summed E-state index contributed by atoms with van der Waals surface area (Å²) >= 11 is 0. The average Bonchev–Trinajstić information content (AvgIpc) is 3.00. The molecule has 21 heavy (non-hydrogen) atoms. The van der Waals surface area contributed by atoms with E-state index in [0.717, 1.165) is 25.2 Å². The summed E-state index contributed by atoms with van der Waals surface area (Å²) in [6.45, 7) is 3.27. The lowest BCUT2D eigenvalue weighted by Gasteiger charge is -2.24. The van der Waals surface area contributed by atoms with Crippen LogP contribution in [0.1, 0.15) is 29.0 Å². The van der Waals surface area contributed by atoms with Crippen molar-refractivity contribution >= 4 is 5.97 Å². The number of aliphatic hydroxyl groups excluding tert-OH is 1. The number of nitrogens with zero attached hydrogens (tertiary/aromatic N) is 2. The number of ether oxygens (including phenoxy) is 1. The Balaban J connectivity index is 1.99. The van der Waals surface area contributed by atoms with Crippen LogP contribution >= 0.6 is 0 Å². The molecule has 116 valence electrons. The van der Waals surface area contributed by atoms with E-state index in [1.165, 1.54) is 13.5 Å². The van der Waals surface area contributed by atoms with Gasteiger partial charge in [-0.05, 0) is 31.5 Å². The van der Waals surface area contributed by atoms with Gasteiger partial charge in [-0.1, -0.05) is 6.07 Å². The number of hydrogen-bond acceptors (Lipinski definition) is 6. The molecule has 0 saturated carbocycles. The SMILES string of the molecule is COC(=O)c1cccc(CN(CCO)CC2CCCN2)n1. The molecule has 1 unspecified atom stereocenters. The second-order valence-corrected chi connectivity index (χ2v) is 5.26. The molecule has 1 aromatic heterocycles. The third-order valence-electron chi connectivity index (χ3n) is 3.64. The van der Waals surface area contributed by atoms with Crippen LogP contribution in [0.3, 0.4) is 0 Å².